The van der Waals surface area contributed by atoms with Crippen LogP contribution in [0.4, 0.5) is 0 Å². The molecule has 19 heavy (non-hydrogen) atoms. The van der Waals surface area contributed by atoms with Crippen LogP contribution in [-0.4, -0.2) is 19.3 Å². The van der Waals surface area contributed by atoms with Crippen molar-refractivity contribution in [2.24, 2.45) is 0 Å². The van der Waals surface area contributed by atoms with Gasteiger partial charge in [-0.05, 0) is 49.7 Å². The third-order valence-electron chi connectivity index (χ3n) is 3.75. The lowest BCUT2D eigenvalue weighted by atomic mass is 10.0. The van der Waals surface area contributed by atoms with Crippen molar-refractivity contribution >= 4 is 32.1 Å². The molecule has 4 heteroatoms. The van der Waals surface area contributed by atoms with Crippen LogP contribution < -0.4 is 5.32 Å². The van der Waals surface area contributed by atoms with Gasteiger partial charge in [-0.2, -0.15) is 0 Å². The molecule has 0 aliphatic carbocycles. The van der Waals surface area contributed by atoms with Gasteiger partial charge in [0.15, 0.2) is 0 Å². The second kappa shape index (κ2) is 6.35. The van der Waals surface area contributed by atoms with Crippen molar-refractivity contribution < 1.29 is 4.74 Å². The number of rotatable bonds is 6. The van der Waals surface area contributed by atoms with Crippen LogP contribution in [-0.2, 0) is 4.74 Å². The molecular weight excluding hydrogens is 274 g/mol. The molecule has 2 aromatic rings. The highest BCUT2D eigenvalue weighted by Crippen LogP contribution is 2.35. The molecular formula is C15H21NOS2. The van der Waals surface area contributed by atoms with Crippen molar-refractivity contribution in [2.75, 3.05) is 13.2 Å². The quantitative estimate of drug-likeness (QED) is 0.842. The summed E-state index contributed by atoms with van der Waals surface area (Å²) < 4.78 is 8.60. The third-order valence-corrected chi connectivity index (χ3v) is 5.96. The van der Waals surface area contributed by atoms with E-state index in [9.17, 15) is 0 Å². The average Bonchev–Trinajstić information content (AvgIpc) is 3.09. The predicted octanol–water partition coefficient (Wildman–Crippen LogP) is 4.57. The first-order chi connectivity index (χ1) is 9.36. The molecule has 2 aromatic heterocycles. The molecule has 1 saturated heterocycles. The van der Waals surface area contributed by atoms with E-state index < -0.39 is 0 Å². The Labute approximate surface area is 122 Å². The second-order valence-corrected chi connectivity index (χ2v) is 7.18. The van der Waals surface area contributed by atoms with Gasteiger partial charge in [0.1, 0.15) is 0 Å². The number of thiophene rings is 2. The summed E-state index contributed by atoms with van der Waals surface area (Å²) in [7, 11) is 0. The van der Waals surface area contributed by atoms with Gasteiger partial charge < -0.3 is 10.1 Å². The Kier molecular flexibility index (Phi) is 4.53. The van der Waals surface area contributed by atoms with Crippen molar-refractivity contribution in [1.82, 2.24) is 5.32 Å². The van der Waals surface area contributed by atoms with Gasteiger partial charge >= 0.3 is 0 Å². The molecule has 2 nitrogen and oxygen atoms in total. The maximum absolute atomic E-state index is 5.74. The average molecular weight is 295 g/mol. The zero-order chi connectivity index (χ0) is 13.1. The van der Waals surface area contributed by atoms with Crippen LogP contribution in [0.5, 0.6) is 0 Å². The molecule has 3 rings (SSSR count). The molecule has 1 fully saturated rings. The molecule has 2 atom stereocenters. The summed E-state index contributed by atoms with van der Waals surface area (Å²) >= 11 is 3.79. The molecule has 2 unspecified atom stereocenters. The van der Waals surface area contributed by atoms with Crippen LogP contribution in [0.1, 0.15) is 43.5 Å². The highest BCUT2D eigenvalue weighted by molar-refractivity contribution is 7.26. The number of fused-ring (bicyclic) bond motifs is 1. The van der Waals surface area contributed by atoms with E-state index in [2.05, 4.69) is 29.8 Å². The molecule has 0 spiro atoms. The van der Waals surface area contributed by atoms with Crippen LogP contribution in [0.2, 0.25) is 0 Å². The van der Waals surface area contributed by atoms with E-state index in [1.54, 1.807) is 0 Å². The van der Waals surface area contributed by atoms with E-state index in [1.807, 2.05) is 22.7 Å². The van der Waals surface area contributed by atoms with Gasteiger partial charge in [-0.1, -0.05) is 6.92 Å². The number of nitrogens with one attached hydrogen (secondary N) is 1. The zero-order valence-corrected chi connectivity index (χ0v) is 13.0. The van der Waals surface area contributed by atoms with Gasteiger partial charge in [0.05, 0.1) is 6.10 Å². The normalized spacial score (nSPS) is 21.2. The first-order valence-electron chi connectivity index (χ1n) is 7.18. The summed E-state index contributed by atoms with van der Waals surface area (Å²) in [4.78, 5) is 1.49. The monoisotopic (exact) mass is 295 g/mol. The lowest BCUT2D eigenvalue weighted by Crippen LogP contribution is -2.21. The van der Waals surface area contributed by atoms with Crippen LogP contribution in [0, 0.1) is 0 Å². The minimum absolute atomic E-state index is 0.499. The second-order valence-electron chi connectivity index (χ2n) is 5.12. The third kappa shape index (κ3) is 3.19. The summed E-state index contributed by atoms with van der Waals surface area (Å²) in [6.07, 6.45) is 5.36. The van der Waals surface area contributed by atoms with Gasteiger partial charge in [0.25, 0.3) is 0 Å². The molecule has 0 saturated carbocycles. The van der Waals surface area contributed by atoms with Crippen molar-refractivity contribution in [1.29, 1.82) is 0 Å². The van der Waals surface area contributed by atoms with Gasteiger partial charge in [-0.15, -0.1) is 22.7 Å². The molecule has 1 aliphatic rings. The Morgan fingerprint density at radius 2 is 2.42 bits per heavy atom. The standard InChI is InChI=1S/C15H21NOS2/c1-2-16-12(6-5-11-4-3-8-17-11)14-10-15-13(19-14)7-9-18-15/h7,9-12,16H,2-6,8H2,1H3. The molecule has 0 aromatic carbocycles. The number of hydrogen-bond donors (Lipinski definition) is 1. The Hall–Kier alpha value is -0.420. The fourth-order valence-electron chi connectivity index (χ4n) is 2.77. The van der Waals surface area contributed by atoms with Crippen LogP contribution in [0.15, 0.2) is 17.5 Å². The van der Waals surface area contributed by atoms with Gasteiger partial charge in [-0.3, -0.25) is 0 Å². The fraction of sp³-hybridized carbons (Fsp3) is 0.600. The summed E-state index contributed by atoms with van der Waals surface area (Å²) in [5, 5.41) is 5.81. The largest absolute Gasteiger partial charge is 0.378 e. The smallest absolute Gasteiger partial charge is 0.0576 e. The van der Waals surface area contributed by atoms with Gasteiger partial charge in [-0.25, -0.2) is 0 Å². The van der Waals surface area contributed by atoms with Gasteiger partial charge in [0, 0.05) is 26.9 Å². The Balaban J connectivity index is 1.66. The van der Waals surface area contributed by atoms with E-state index in [4.69, 9.17) is 4.74 Å². The SMILES string of the molecule is CCNC(CCC1CCCO1)c1cc2sccc2s1. The van der Waals surface area contributed by atoms with Crippen LogP contribution >= 0.6 is 22.7 Å². The van der Waals surface area contributed by atoms with Crippen LogP contribution in [0.3, 0.4) is 0 Å². The van der Waals surface area contributed by atoms with Gasteiger partial charge in [0.2, 0.25) is 0 Å². The lowest BCUT2D eigenvalue weighted by Gasteiger charge is -2.18. The zero-order valence-electron chi connectivity index (χ0n) is 11.4. The van der Waals surface area contributed by atoms with E-state index in [0.29, 0.717) is 12.1 Å². The molecule has 0 bridgehead atoms. The summed E-state index contributed by atoms with van der Waals surface area (Å²) in [5.74, 6) is 0. The van der Waals surface area contributed by atoms with E-state index in [0.717, 1.165) is 13.2 Å². The minimum atomic E-state index is 0.499. The molecule has 0 amide bonds. The molecule has 1 N–H and O–H groups in total. The number of hydrogen-bond acceptors (Lipinski definition) is 4. The van der Waals surface area contributed by atoms with E-state index in [-0.39, 0.29) is 0 Å². The van der Waals surface area contributed by atoms with Crippen LogP contribution in [0.25, 0.3) is 9.40 Å². The Morgan fingerprint density at radius 1 is 1.47 bits per heavy atom. The van der Waals surface area contributed by atoms with E-state index >= 15 is 0 Å². The summed E-state index contributed by atoms with van der Waals surface area (Å²) in [6, 6.07) is 5.10. The van der Waals surface area contributed by atoms with Crippen molar-refractivity contribution in [3.8, 4) is 0 Å². The maximum Gasteiger partial charge on any atom is 0.0576 e. The van der Waals surface area contributed by atoms with Crippen molar-refractivity contribution in [2.45, 2.75) is 44.8 Å². The lowest BCUT2D eigenvalue weighted by molar-refractivity contribution is 0.0997. The highest BCUT2D eigenvalue weighted by Gasteiger charge is 2.19. The Bertz CT molecular complexity index is 484. The highest BCUT2D eigenvalue weighted by atomic mass is 32.1. The maximum atomic E-state index is 5.74. The molecule has 104 valence electrons. The summed E-state index contributed by atoms with van der Waals surface area (Å²) in [5.41, 5.74) is 0. The minimum Gasteiger partial charge on any atom is -0.378 e. The predicted molar refractivity (Wildman–Crippen MR) is 84.3 cm³/mol. The summed E-state index contributed by atoms with van der Waals surface area (Å²) in [6.45, 7) is 4.18. The van der Waals surface area contributed by atoms with Crippen molar-refractivity contribution in [3.05, 3.63) is 22.4 Å². The van der Waals surface area contributed by atoms with Crippen molar-refractivity contribution in [3.63, 3.8) is 0 Å². The molecule has 0 radical (unpaired) electrons. The molecule has 3 heterocycles. The van der Waals surface area contributed by atoms with E-state index in [1.165, 1.54) is 40.0 Å². The number of ether oxygens (including phenoxy) is 1. The topological polar surface area (TPSA) is 21.3 Å². The molecule has 1 aliphatic heterocycles. The first-order valence-corrected chi connectivity index (χ1v) is 8.88. The Morgan fingerprint density at radius 3 is 3.16 bits per heavy atom. The fourth-order valence-corrected chi connectivity index (χ4v) is 5.00. The first kappa shape index (κ1) is 13.6.